The summed E-state index contributed by atoms with van der Waals surface area (Å²) < 4.78 is 21.4. The van der Waals surface area contributed by atoms with Gasteiger partial charge in [0.15, 0.2) is 0 Å². The number of nitrogens with zero attached hydrogens (tertiary/aromatic N) is 3. The Hall–Kier alpha value is -2.08. The van der Waals surface area contributed by atoms with Crippen molar-refractivity contribution in [2.24, 2.45) is 0 Å². The van der Waals surface area contributed by atoms with Crippen LogP contribution in [0.2, 0.25) is 5.02 Å². The van der Waals surface area contributed by atoms with Gasteiger partial charge in [-0.2, -0.15) is 0 Å². The molecule has 0 spiro atoms. The first-order valence-electron chi connectivity index (χ1n) is 9.20. The molecule has 0 N–H and O–H groups in total. The predicted molar refractivity (Wildman–Crippen MR) is 108 cm³/mol. The molecule has 3 aromatic rings. The summed E-state index contributed by atoms with van der Waals surface area (Å²) in [6.45, 7) is 5.86. The summed E-state index contributed by atoms with van der Waals surface area (Å²) in [4.78, 5) is 4.77. The molecule has 1 aliphatic rings. The Kier molecular flexibility index (Phi) is 5.34. The molecule has 2 aromatic carbocycles. The number of rotatable bonds is 5. The molecule has 142 valence electrons. The Balaban J connectivity index is 1.55. The van der Waals surface area contributed by atoms with Gasteiger partial charge in [-0.25, -0.2) is 4.39 Å². The van der Waals surface area contributed by atoms with Crippen LogP contribution in [0.15, 0.2) is 48.7 Å². The Morgan fingerprint density at radius 2 is 1.78 bits per heavy atom. The molecule has 0 atom stereocenters. The van der Waals surface area contributed by atoms with Crippen LogP contribution >= 0.6 is 11.6 Å². The highest BCUT2D eigenvalue weighted by molar-refractivity contribution is 6.31. The Morgan fingerprint density at radius 3 is 2.52 bits per heavy atom. The summed E-state index contributed by atoms with van der Waals surface area (Å²) in [6.07, 6.45) is 1.96. The maximum absolute atomic E-state index is 13.3. The maximum Gasteiger partial charge on any atom is 0.145 e. The fourth-order valence-corrected chi connectivity index (χ4v) is 3.63. The zero-order chi connectivity index (χ0) is 18.8. The first-order valence-corrected chi connectivity index (χ1v) is 9.58. The monoisotopic (exact) mass is 387 g/mol. The van der Waals surface area contributed by atoms with Crippen LogP contribution in [0.1, 0.15) is 0 Å². The van der Waals surface area contributed by atoms with Gasteiger partial charge >= 0.3 is 0 Å². The van der Waals surface area contributed by atoms with Gasteiger partial charge in [-0.15, -0.1) is 0 Å². The van der Waals surface area contributed by atoms with E-state index in [1.54, 1.807) is 12.1 Å². The zero-order valence-corrected chi connectivity index (χ0v) is 16.1. The lowest BCUT2D eigenvalue weighted by Crippen LogP contribution is -2.45. The molecule has 0 radical (unpaired) electrons. The standard InChI is InChI=1S/C21H23ClFN3O/c1-24-8-10-25(11-9-24)12-13-27-21-15-26(18-5-3-17(23)4-6-18)20-7-2-16(22)14-19(20)21/h2-7,14-15H,8-13H2,1H3. The van der Waals surface area contributed by atoms with Crippen LogP contribution in [-0.2, 0) is 0 Å². The van der Waals surface area contributed by atoms with Crippen LogP contribution in [0.3, 0.4) is 0 Å². The van der Waals surface area contributed by atoms with Crippen molar-refractivity contribution in [3.63, 3.8) is 0 Å². The predicted octanol–water partition coefficient (Wildman–Crippen LogP) is 4.05. The highest BCUT2D eigenvalue weighted by atomic mass is 35.5. The van der Waals surface area contributed by atoms with E-state index < -0.39 is 0 Å². The second-order valence-corrected chi connectivity index (χ2v) is 7.43. The van der Waals surface area contributed by atoms with Crippen LogP contribution in [0.4, 0.5) is 4.39 Å². The molecule has 1 aliphatic heterocycles. The number of fused-ring (bicyclic) bond motifs is 1. The molecule has 6 heteroatoms. The van der Waals surface area contributed by atoms with Gasteiger partial charge in [0.2, 0.25) is 0 Å². The lowest BCUT2D eigenvalue weighted by Gasteiger charge is -2.32. The van der Waals surface area contributed by atoms with Crippen LogP contribution < -0.4 is 4.74 Å². The molecule has 1 fully saturated rings. The zero-order valence-electron chi connectivity index (χ0n) is 15.4. The van der Waals surface area contributed by atoms with E-state index in [0.717, 1.165) is 55.1 Å². The van der Waals surface area contributed by atoms with Crippen molar-refractivity contribution in [2.45, 2.75) is 0 Å². The first-order chi connectivity index (χ1) is 13.1. The number of piperazine rings is 1. The quantitative estimate of drug-likeness (QED) is 0.659. The molecule has 0 amide bonds. The topological polar surface area (TPSA) is 20.6 Å². The van der Waals surface area contributed by atoms with Gasteiger partial charge in [-0.1, -0.05) is 11.6 Å². The molecule has 1 saturated heterocycles. The van der Waals surface area contributed by atoms with Crippen LogP contribution in [0.25, 0.3) is 16.6 Å². The summed E-state index contributed by atoms with van der Waals surface area (Å²) in [7, 11) is 2.15. The third kappa shape index (κ3) is 4.10. The number of hydrogen-bond donors (Lipinski definition) is 0. The molecular weight excluding hydrogens is 365 g/mol. The van der Waals surface area contributed by atoms with Crippen molar-refractivity contribution in [1.82, 2.24) is 14.4 Å². The summed E-state index contributed by atoms with van der Waals surface area (Å²) in [5.41, 5.74) is 1.87. The van der Waals surface area contributed by atoms with Gasteiger partial charge in [0.25, 0.3) is 0 Å². The van der Waals surface area contributed by atoms with Crippen molar-refractivity contribution in [3.05, 3.63) is 59.5 Å². The molecular formula is C21H23ClFN3O. The Bertz CT molecular complexity index is 917. The second-order valence-electron chi connectivity index (χ2n) is 6.99. The largest absolute Gasteiger partial charge is 0.490 e. The van der Waals surface area contributed by atoms with Crippen molar-refractivity contribution >= 4 is 22.5 Å². The van der Waals surface area contributed by atoms with Crippen LogP contribution in [-0.4, -0.2) is 60.7 Å². The van der Waals surface area contributed by atoms with E-state index in [2.05, 4.69) is 16.8 Å². The van der Waals surface area contributed by atoms with E-state index in [0.29, 0.717) is 11.6 Å². The van der Waals surface area contributed by atoms with Gasteiger partial charge in [-0.3, -0.25) is 4.90 Å². The minimum atomic E-state index is -0.248. The summed E-state index contributed by atoms with van der Waals surface area (Å²) in [5, 5.41) is 1.63. The number of benzene rings is 2. The first kappa shape index (κ1) is 18.3. The molecule has 0 aliphatic carbocycles. The fraction of sp³-hybridized carbons (Fsp3) is 0.333. The van der Waals surface area contributed by atoms with Crippen molar-refractivity contribution in [3.8, 4) is 11.4 Å². The molecule has 4 nitrogen and oxygen atoms in total. The van der Waals surface area contributed by atoms with E-state index >= 15 is 0 Å². The molecule has 0 bridgehead atoms. The summed E-state index contributed by atoms with van der Waals surface area (Å²) in [5.74, 6) is 0.549. The maximum atomic E-state index is 13.3. The number of aromatic nitrogens is 1. The summed E-state index contributed by atoms with van der Waals surface area (Å²) in [6, 6.07) is 12.2. The van der Waals surface area contributed by atoms with Gasteiger partial charge < -0.3 is 14.2 Å². The SMILES string of the molecule is CN1CCN(CCOc2cn(-c3ccc(F)cc3)c3ccc(Cl)cc23)CC1. The smallest absolute Gasteiger partial charge is 0.145 e. The van der Waals surface area contributed by atoms with Gasteiger partial charge in [0.05, 0.1) is 11.7 Å². The van der Waals surface area contributed by atoms with Gasteiger partial charge in [-0.05, 0) is 49.5 Å². The van der Waals surface area contributed by atoms with E-state index in [1.807, 2.05) is 29.0 Å². The molecule has 27 heavy (non-hydrogen) atoms. The van der Waals surface area contributed by atoms with Gasteiger partial charge in [0, 0.05) is 48.8 Å². The molecule has 0 unspecified atom stereocenters. The molecule has 4 rings (SSSR count). The summed E-state index contributed by atoms with van der Waals surface area (Å²) >= 11 is 6.21. The minimum absolute atomic E-state index is 0.248. The highest BCUT2D eigenvalue weighted by Crippen LogP contribution is 2.32. The average Bonchev–Trinajstić information content (AvgIpc) is 3.02. The Morgan fingerprint density at radius 1 is 1.04 bits per heavy atom. The van der Waals surface area contributed by atoms with Crippen molar-refractivity contribution in [1.29, 1.82) is 0 Å². The van der Waals surface area contributed by atoms with Crippen LogP contribution in [0.5, 0.6) is 5.75 Å². The van der Waals surface area contributed by atoms with Gasteiger partial charge in [0.1, 0.15) is 18.2 Å². The number of likely N-dealkylation sites (N-methyl/N-ethyl adjacent to an activating group) is 1. The normalized spacial score (nSPS) is 16.1. The van der Waals surface area contributed by atoms with E-state index in [9.17, 15) is 4.39 Å². The minimum Gasteiger partial charge on any atom is -0.490 e. The van der Waals surface area contributed by atoms with Crippen LogP contribution in [0, 0.1) is 5.82 Å². The third-order valence-electron chi connectivity index (χ3n) is 5.10. The second kappa shape index (κ2) is 7.89. The van der Waals surface area contributed by atoms with Crippen molar-refractivity contribution < 1.29 is 9.13 Å². The average molecular weight is 388 g/mol. The fourth-order valence-electron chi connectivity index (χ4n) is 3.46. The molecule has 0 saturated carbocycles. The number of halogens is 2. The Labute approximate surface area is 163 Å². The van der Waals surface area contributed by atoms with E-state index in [-0.39, 0.29) is 5.82 Å². The van der Waals surface area contributed by atoms with E-state index in [4.69, 9.17) is 16.3 Å². The van der Waals surface area contributed by atoms with E-state index in [1.165, 1.54) is 12.1 Å². The lowest BCUT2D eigenvalue weighted by atomic mass is 10.2. The molecule has 2 heterocycles. The van der Waals surface area contributed by atoms with Crippen molar-refractivity contribution in [2.75, 3.05) is 46.4 Å². The molecule has 1 aromatic heterocycles. The lowest BCUT2D eigenvalue weighted by molar-refractivity contribution is 0.134. The third-order valence-corrected chi connectivity index (χ3v) is 5.33. The number of ether oxygens (including phenoxy) is 1. The highest BCUT2D eigenvalue weighted by Gasteiger charge is 2.15. The number of hydrogen-bond acceptors (Lipinski definition) is 3.